The Morgan fingerprint density at radius 3 is 3.21 bits per heavy atom. The fraction of sp³-hybridized carbons (Fsp3) is 0.412. The summed E-state index contributed by atoms with van der Waals surface area (Å²) in [4.78, 5) is 14.3. The molecular formula is C17H19N3O3S. The molecule has 1 amide bonds. The van der Waals surface area contributed by atoms with Crippen molar-refractivity contribution in [3.8, 4) is 6.07 Å². The van der Waals surface area contributed by atoms with Crippen molar-refractivity contribution in [3.63, 3.8) is 0 Å². The highest BCUT2D eigenvalue weighted by atomic mass is 32.1. The van der Waals surface area contributed by atoms with Crippen molar-refractivity contribution in [3.05, 3.63) is 41.2 Å². The molecule has 3 rings (SSSR count). The van der Waals surface area contributed by atoms with E-state index in [-0.39, 0.29) is 18.5 Å². The second-order valence-corrected chi connectivity index (χ2v) is 6.77. The number of aliphatic hydroxyl groups excluding tert-OH is 1. The molecule has 0 aromatic carbocycles. The molecule has 24 heavy (non-hydrogen) atoms. The summed E-state index contributed by atoms with van der Waals surface area (Å²) in [6, 6.07) is 7.42. The van der Waals surface area contributed by atoms with Gasteiger partial charge in [-0.1, -0.05) is 0 Å². The van der Waals surface area contributed by atoms with Crippen LogP contribution in [0.3, 0.4) is 0 Å². The summed E-state index contributed by atoms with van der Waals surface area (Å²) in [5, 5.41) is 24.4. The van der Waals surface area contributed by atoms with Crippen molar-refractivity contribution in [2.45, 2.75) is 31.4 Å². The van der Waals surface area contributed by atoms with Crippen LogP contribution in [-0.2, 0) is 4.79 Å². The minimum atomic E-state index is -0.656. The number of carbonyl (C=O) groups is 1. The van der Waals surface area contributed by atoms with E-state index in [9.17, 15) is 9.90 Å². The van der Waals surface area contributed by atoms with E-state index in [0.29, 0.717) is 22.7 Å². The first-order valence-corrected chi connectivity index (χ1v) is 8.78. The van der Waals surface area contributed by atoms with Crippen molar-refractivity contribution in [2.75, 3.05) is 18.4 Å². The number of hydrogen-bond donors (Lipinski definition) is 2. The fourth-order valence-electron chi connectivity index (χ4n) is 3.07. The third-order valence-electron chi connectivity index (χ3n) is 4.25. The minimum absolute atomic E-state index is 0.131. The van der Waals surface area contributed by atoms with E-state index in [1.54, 1.807) is 29.8 Å². The number of rotatable bonds is 6. The number of nitrogens with zero attached hydrogens (tertiary/aromatic N) is 2. The van der Waals surface area contributed by atoms with Crippen LogP contribution in [0, 0.1) is 11.3 Å². The van der Waals surface area contributed by atoms with Gasteiger partial charge in [0.2, 0.25) is 5.91 Å². The summed E-state index contributed by atoms with van der Waals surface area (Å²) < 4.78 is 5.24. The lowest BCUT2D eigenvalue weighted by molar-refractivity contribution is -0.117. The summed E-state index contributed by atoms with van der Waals surface area (Å²) in [5.74, 6) is 0.428. The first-order valence-electron chi connectivity index (χ1n) is 7.90. The average Bonchev–Trinajstić information content (AvgIpc) is 3.29. The molecule has 0 bridgehead atoms. The van der Waals surface area contributed by atoms with Gasteiger partial charge >= 0.3 is 0 Å². The van der Waals surface area contributed by atoms with Crippen molar-refractivity contribution in [1.82, 2.24) is 4.90 Å². The number of furan rings is 1. The Morgan fingerprint density at radius 1 is 1.58 bits per heavy atom. The van der Waals surface area contributed by atoms with Crippen LogP contribution in [0.1, 0.15) is 36.7 Å². The monoisotopic (exact) mass is 345 g/mol. The van der Waals surface area contributed by atoms with Gasteiger partial charge in [0.25, 0.3) is 0 Å². The highest BCUT2D eigenvalue weighted by Crippen LogP contribution is 2.28. The van der Waals surface area contributed by atoms with Crippen LogP contribution < -0.4 is 5.32 Å². The van der Waals surface area contributed by atoms with Crippen molar-refractivity contribution in [1.29, 1.82) is 5.26 Å². The van der Waals surface area contributed by atoms with Crippen LogP contribution in [0.15, 0.2) is 34.3 Å². The number of anilines is 1. The van der Waals surface area contributed by atoms with E-state index in [0.717, 1.165) is 19.4 Å². The second-order valence-electron chi connectivity index (χ2n) is 5.86. The van der Waals surface area contributed by atoms with Crippen molar-refractivity contribution >= 4 is 22.2 Å². The van der Waals surface area contributed by atoms with Gasteiger partial charge in [-0.15, -0.1) is 11.3 Å². The molecule has 0 aliphatic carbocycles. The molecule has 7 heteroatoms. The molecular weight excluding hydrogens is 326 g/mol. The molecule has 2 N–H and O–H groups in total. The van der Waals surface area contributed by atoms with E-state index >= 15 is 0 Å². The second kappa shape index (κ2) is 7.62. The zero-order valence-electron chi connectivity index (χ0n) is 13.1. The highest BCUT2D eigenvalue weighted by molar-refractivity contribution is 7.14. The lowest BCUT2D eigenvalue weighted by atomic mass is 10.1. The van der Waals surface area contributed by atoms with Crippen LogP contribution in [-0.4, -0.2) is 35.0 Å². The molecule has 0 spiro atoms. The van der Waals surface area contributed by atoms with Crippen molar-refractivity contribution in [2.24, 2.45) is 0 Å². The molecule has 2 aromatic rings. The van der Waals surface area contributed by atoms with E-state index < -0.39 is 6.10 Å². The van der Waals surface area contributed by atoms with Crippen LogP contribution in [0.4, 0.5) is 5.00 Å². The van der Waals surface area contributed by atoms with Gasteiger partial charge in [0.05, 0.1) is 18.4 Å². The van der Waals surface area contributed by atoms with Crippen LogP contribution in [0.25, 0.3) is 0 Å². The van der Waals surface area contributed by atoms with Gasteiger partial charge in [0.15, 0.2) is 0 Å². The largest absolute Gasteiger partial charge is 0.467 e. The molecule has 126 valence electrons. The first-order chi connectivity index (χ1) is 11.7. The fourth-order valence-corrected chi connectivity index (χ4v) is 3.82. The summed E-state index contributed by atoms with van der Waals surface area (Å²) >= 11 is 1.34. The molecule has 6 nitrogen and oxygen atoms in total. The predicted octanol–water partition coefficient (Wildman–Crippen LogP) is 2.74. The number of amides is 1. The Hall–Kier alpha value is -2.14. The Kier molecular flexibility index (Phi) is 5.30. The zero-order chi connectivity index (χ0) is 16.9. The standard InChI is InChI=1S/C17H19N3O3S/c18-10-12-5-8-24-17(12)19-16(22)11-20-6-1-3-13(20)9-14(21)15-4-2-7-23-15/h2,4-5,7-8,13-14,21H,1,3,6,9,11H2,(H,19,22). The predicted molar refractivity (Wildman–Crippen MR) is 90.5 cm³/mol. The van der Waals surface area contributed by atoms with Gasteiger partial charge in [-0.05, 0) is 49.4 Å². The number of thiophene rings is 1. The molecule has 1 aliphatic heterocycles. The Bertz CT molecular complexity index is 720. The quantitative estimate of drug-likeness (QED) is 0.840. The van der Waals surface area contributed by atoms with Gasteiger partial charge < -0.3 is 14.8 Å². The summed E-state index contributed by atoms with van der Waals surface area (Å²) in [7, 11) is 0. The third-order valence-corrected chi connectivity index (χ3v) is 5.08. The molecule has 2 atom stereocenters. The number of likely N-dealkylation sites (tertiary alicyclic amines) is 1. The maximum absolute atomic E-state index is 12.3. The SMILES string of the molecule is N#Cc1ccsc1NC(=O)CN1CCCC1CC(O)c1ccco1. The lowest BCUT2D eigenvalue weighted by Gasteiger charge is -2.25. The molecule has 0 radical (unpaired) electrons. The number of nitriles is 1. The summed E-state index contributed by atoms with van der Waals surface area (Å²) in [6.45, 7) is 1.09. The van der Waals surface area contributed by atoms with E-state index in [1.807, 2.05) is 0 Å². The zero-order valence-corrected chi connectivity index (χ0v) is 14.0. The van der Waals surface area contributed by atoms with Gasteiger partial charge in [0, 0.05) is 6.04 Å². The first kappa shape index (κ1) is 16.7. The summed E-state index contributed by atoms with van der Waals surface area (Å²) in [5.41, 5.74) is 0.486. The van der Waals surface area contributed by atoms with Gasteiger partial charge in [0.1, 0.15) is 22.9 Å². The van der Waals surface area contributed by atoms with Crippen LogP contribution >= 0.6 is 11.3 Å². The number of aliphatic hydroxyl groups is 1. The Balaban J connectivity index is 1.55. The normalized spacial score (nSPS) is 19.1. The van der Waals surface area contributed by atoms with Crippen LogP contribution in [0.5, 0.6) is 0 Å². The molecule has 2 aromatic heterocycles. The minimum Gasteiger partial charge on any atom is -0.467 e. The number of hydrogen-bond acceptors (Lipinski definition) is 6. The average molecular weight is 345 g/mol. The lowest BCUT2D eigenvalue weighted by Crippen LogP contribution is -2.37. The van der Waals surface area contributed by atoms with E-state index in [4.69, 9.17) is 9.68 Å². The molecule has 3 heterocycles. The van der Waals surface area contributed by atoms with Gasteiger partial charge in [-0.25, -0.2) is 0 Å². The smallest absolute Gasteiger partial charge is 0.239 e. The van der Waals surface area contributed by atoms with E-state index in [1.165, 1.54) is 11.3 Å². The summed E-state index contributed by atoms with van der Waals surface area (Å²) in [6.07, 6.45) is 3.39. The number of nitrogens with one attached hydrogen (secondary N) is 1. The van der Waals surface area contributed by atoms with Gasteiger partial charge in [-0.2, -0.15) is 5.26 Å². The van der Waals surface area contributed by atoms with E-state index in [2.05, 4.69) is 16.3 Å². The molecule has 2 unspecified atom stereocenters. The van der Waals surface area contributed by atoms with Gasteiger partial charge in [-0.3, -0.25) is 9.69 Å². The maximum Gasteiger partial charge on any atom is 0.239 e. The topological polar surface area (TPSA) is 89.5 Å². The molecule has 0 saturated carbocycles. The van der Waals surface area contributed by atoms with Crippen molar-refractivity contribution < 1.29 is 14.3 Å². The maximum atomic E-state index is 12.3. The Labute approximate surface area is 144 Å². The van der Waals surface area contributed by atoms with Crippen LogP contribution in [0.2, 0.25) is 0 Å². The Morgan fingerprint density at radius 2 is 2.46 bits per heavy atom. The molecule has 1 saturated heterocycles. The number of carbonyl (C=O) groups excluding carboxylic acids is 1. The molecule has 1 fully saturated rings. The highest BCUT2D eigenvalue weighted by Gasteiger charge is 2.29. The third kappa shape index (κ3) is 3.85. The molecule has 1 aliphatic rings.